The van der Waals surface area contributed by atoms with E-state index < -0.39 is 0 Å². The summed E-state index contributed by atoms with van der Waals surface area (Å²) in [6, 6.07) is 0. The summed E-state index contributed by atoms with van der Waals surface area (Å²) in [4.78, 5) is 25.1. The zero-order valence-electron chi connectivity index (χ0n) is 12.5. The minimum absolute atomic E-state index is 0.0684. The van der Waals surface area contributed by atoms with Crippen LogP contribution >= 0.6 is 0 Å². The molecular formula is C14H26N2O3. The molecule has 110 valence electrons. The number of rotatable bonds is 4. The normalized spacial score (nSPS) is 18.1. The number of nitrogens with zero attached hydrogens (tertiary/aromatic N) is 1. The van der Waals surface area contributed by atoms with E-state index in [1.807, 2.05) is 20.8 Å². The van der Waals surface area contributed by atoms with Crippen molar-refractivity contribution in [1.82, 2.24) is 10.2 Å². The van der Waals surface area contributed by atoms with E-state index in [1.165, 1.54) is 7.11 Å². The van der Waals surface area contributed by atoms with Gasteiger partial charge in [0, 0.05) is 12.0 Å². The molecule has 1 rings (SSSR count). The van der Waals surface area contributed by atoms with Gasteiger partial charge in [-0.1, -0.05) is 0 Å². The molecule has 1 fully saturated rings. The van der Waals surface area contributed by atoms with Crippen LogP contribution in [-0.2, 0) is 14.3 Å². The molecule has 0 aromatic heterocycles. The Bertz CT molecular complexity index is 315. The molecule has 0 bridgehead atoms. The third-order valence-corrected chi connectivity index (χ3v) is 3.27. The lowest BCUT2D eigenvalue weighted by molar-refractivity contribution is -0.142. The Morgan fingerprint density at radius 2 is 1.84 bits per heavy atom. The van der Waals surface area contributed by atoms with Gasteiger partial charge in [-0.25, -0.2) is 0 Å². The number of nitrogens with one attached hydrogen (secondary N) is 1. The van der Waals surface area contributed by atoms with Crippen molar-refractivity contribution in [3.8, 4) is 0 Å². The molecule has 5 heteroatoms. The van der Waals surface area contributed by atoms with Gasteiger partial charge in [0.05, 0.1) is 13.7 Å². The molecular weight excluding hydrogens is 244 g/mol. The van der Waals surface area contributed by atoms with Crippen LogP contribution in [-0.4, -0.2) is 49.1 Å². The van der Waals surface area contributed by atoms with Gasteiger partial charge in [-0.3, -0.25) is 14.5 Å². The molecule has 0 atom stereocenters. The fraction of sp³-hybridized carbons (Fsp3) is 0.857. The second-order valence-electron chi connectivity index (χ2n) is 6.30. The van der Waals surface area contributed by atoms with E-state index in [0.29, 0.717) is 18.9 Å². The second-order valence-corrected chi connectivity index (χ2v) is 6.30. The summed E-state index contributed by atoms with van der Waals surface area (Å²) in [7, 11) is 1.42. The number of likely N-dealkylation sites (tertiary alicyclic amines) is 1. The summed E-state index contributed by atoms with van der Waals surface area (Å²) < 4.78 is 4.68. The number of piperidine rings is 1. The first-order valence-electron chi connectivity index (χ1n) is 6.90. The summed E-state index contributed by atoms with van der Waals surface area (Å²) in [5.74, 6) is 0.331. The molecule has 1 aliphatic rings. The first-order chi connectivity index (χ1) is 8.80. The summed E-state index contributed by atoms with van der Waals surface area (Å²) in [5, 5.41) is 2.96. The first-order valence-corrected chi connectivity index (χ1v) is 6.90. The molecule has 0 aromatic rings. The Kier molecular flexibility index (Phi) is 5.79. The van der Waals surface area contributed by atoms with E-state index in [-0.39, 0.29) is 17.4 Å². The molecule has 1 heterocycles. The highest BCUT2D eigenvalue weighted by atomic mass is 16.5. The van der Waals surface area contributed by atoms with Crippen LogP contribution in [0.1, 0.15) is 40.0 Å². The molecule has 0 aromatic carbocycles. The van der Waals surface area contributed by atoms with Crippen molar-refractivity contribution in [2.75, 3.05) is 26.7 Å². The molecule has 19 heavy (non-hydrogen) atoms. The Hall–Kier alpha value is -1.10. The third-order valence-electron chi connectivity index (χ3n) is 3.27. The maximum atomic E-state index is 11.8. The predicted molar refractivity (Wildman–Crippen MR) is 73.7 cm³/mol. The topological polar surface area (TPSA) is 58.6 Å². The smallest absolute Gasteiger partial charge is 0.305 e. The van der Waals surface area contributed by atoms with Crippen molar-refractivity contribution in [3.63, 3.8) is 0 Å². The number of esters is 1. The average Bonchev–Trinajstić information content (AvgIpc) is 2.29. The van der Waals surface area contributed by atoms with Crippen molar-refractivity contribution in [3.05, 3.63) is 0 Å². The van der Waals surface area contributed by atoms with Gasteiger partial charge >= 0.3 is 5.97 Å². The largest absolute Gasteiger partial charge is 0.469 e. The molecule has 1 aliphatic heterocycles. The fourth-order valence-corrected chi connectivity index (χ4v) is 2.33. The standard InChI is InChI=1S/C14H26N2O3/c1-14(2,3)15-12(17)10-16-7-5-11(6-8-16)9-13(18)19-4/h11H,5-10H2,1-4H3,(H,15,17). The summed E-state index contributed by atoms with van der Waals surface area (Å²) in [6.45, 7) is 8.13. The summed E-state index contributed by atoms with van der Waals surface area (Å²) >= 11 is 0. The Morgan fingerprint density at radius 1 is 1.26 bits per heavy atom. The van der Waals surface area contributed by atoms with E-state index in [2.05, 4.69) is 15.0 Å². The lowest BCUT2D eigenvalue weighted by Gasteiger charge is -2.32. The van der Waals surface area contributed by atoms with E-state index in [4.69, 9.17) is 0 Å². The van der Waals surface area contributed by atoms with Gasteiger partial charge in [0.25, 0.3) is 0 Å². The van der Waals surface area contributed by atoms with E-state index in [9.17, 15) is 9.59 Å². The van der Waals surface area contributed by atoms with Crippen LogP contribution in [0.25, 0.3) is 0 Å². The van der Waals surface area contributed by atoms with Crippen LogP contribution < -0.4 is 5.32 Å². The number of amides is 1. The molecule has 1 saturated heterocycles. The van der Waals surface area contributed by atoms with E-state index in [0.717, 1.165) is 25.9 Å². The van der Waals surface area contributed by atoms with Crippen molar-refractivity contribution >= 4 is 11.9 Å². The van der Waals surface area contributed by atoms with Crippen molar-refractivity contribution in [2.24, 2.45) is 5.92 Å². The number of hydrogen-bond donors (Lipinski definition) is 1. The fourth-order valence-electron chi connectivity index (χ4n) is 2.33. The van der Waals surface area contributed by atoms with Crippen molar-refractivity contribution in [2.45, 2.75) is 45.6 Å². The highest BCUT2D eigenvalue weighted by Crippen LogP contribution is 2.20. The van der Waals surface area contributed by atoms with Gasteiger partial charge in [-0.05, 0) is 52.6 Å². The first kappa shape index (κ1) is 16.0. The van der Waals surface area contributed by atoms with Gasteiger partial charge in [-0.15, -0.1) is 0 Å². The van der Waals surface area contributed by atoms with Crippen LogP contribution in [0.4, 0.5) is 0 Å². The number of methoxy groups -OCH3 is 1. The summed E-state index contributed by atoms with van der Waals surface area (Å²) in [6.07, 6.45) is 2.41. The highest BCUT2D eigenvalue weighted by Gasteiger charge is 2.24. The second kappa shape index (κ2) is 6.89. The van der Waals surface area contributed by atoms with Gasteiger partial charge < -0.3 is 10.1 Å². The highest BCUT2D eigenvalue weighted by molar-refractivity contribution is 5.78. The lowest BCUT2D eigenvalue weighted by atomic mass is 9.93. The van der Waals surface area contributed by atoms with Gasteiger partial charge in [0.1, 0.15) is 0 Å². The third kappa shape index (κ3) is 6.57. The maximum Gasteiger partial charge on any atom is 0.305 e. The maximum absolute atomic E-state index is 11.8. The number of carbonyl (C=O) groups is 2. The zero-order valence-corrected chi connectivity index (χ0v) is 12.5. The zero-order chi connectivity index (χ0) is 14.5. The molecule has 0 unspecified atom stereocenters. The predicted octanol–water partition coefficient (Wildman–Crippen LogP) is 1.18. The van der Waals surface area contributed by atoms with Gasteiger partial charge in [-0.2, -0.15) is 0 Å². The SMILES string of the molecule is COC(=O)CC1CCN(CC(=O)NC(C)(C)C)CC1. The van der Waals surface area contributed by atoms with Crippen molar-refractivity contribution in [1.29, 1.82) is 0 Å². The molecule has 1 amide bonds. The van der Waals surface area contributed by atoms with E-state index in [1.54, 1.807) is 0 Å². The quantitative estimate of drug-likeness (QED) is 0.779. The van der Waals surface area contributed by atoms with Crippen molar-refractivity contribution < 1.29 is 14.3 Å². The average molecular weight is 270 g/mol. The van der Waals surface area contributed by atoms with Crippen LogP contribution in [0, 0.1) is 5.92 Å². The Balaban J connectivity index is 2.26. The lowest BCUT2D eigenvalue weighted by Crippen LogP contribution is -2.47. The molecule has 1 N–H and O–H groups in total. The minimum Gasteiger partial charge on any atom is -0.469 e. The molecule has 5 nitrogen and oxygen atoms in total. The van der Waals surface area contributed by atoms with Crippen LogP contribution in [0.3, 0.4) is 0 Å². The number of hydrogen-bond acceptors (Lipinski definition) is 4. The van der Waals surface area contributed by atoms with Gasteiger partial charge in [0.2, 0.25) is 5.91 Å². The van der Waals surface area contributed by atoms with Crippen LogP contribution in [0.15, 0.2) is 0 Å². The Labute approximate surface area is 115 Å². The van der Waals surface area contributed by atoms with E-state index >= 15 is 0 Å². The van der Waals surface area contributed by atoms with Crippen LogP contribution in [0.5, 0.6) is 0 Å². The number of ether oxygens (including phenoxy) is 1. The Morgan fingerprint density at radius 3 is 2.32 bits per heavy atom. The monoisotopic (exact) mass is 270 g/mol. The van der Waals surface area contributed by atoms with Crippen LogP contribution in [0.2, 0.25) is 0 Å². The molecule has 0 spiro atoms. The molecule has 0 radical (unpaired) electrons. The van der Waals surface area contributed by atoms with Gasteiger partial charge in [0.15, 0.2) is 0 Å². The molecule has 0 aliphatic carbocycles. The summed E-state index contributed by atoms with van der Waals surface area (Å²) in [5.41, 5.74) is -0.180. The minimum atomic E-state index is -0.180. The number of carbonyl (C=O) groups excluding carboxylic acids is 2. The molecule has 0 saturated carbocycles.